The first-order valence-corrected chi connectivity index (χ1v) is 50.8. The number of nitrogens with zero attached hydrogens (tertiary/aromatic N) is 9. The molecule has 2 aliphatic rings. The third kappa shape index (κ3) is 47.8. The summed E-state index contributed by atoms with van der Waals surface area (Å²) in [5.41, 5.74) is 26.8. The first kappa shape index (κ1) is 118. The monoisotopic (exact) mass is 2010 g/mol. The average Bonchev–Trinajstić information content (AvgIpc) is 1.67. The zero-order valence-corrected chi connectivity index (χ0v) is 83.8. The number of unbranched alkanes of at least 4 members (excludes halogenated alkanes) is 3. The van der Waals surface area contributed by atoms with Gasteiger partial charge in [-0.15, -0.1) is 5.10 Å². The van der Waals surface area contributed by atoms with E-state index in [2.05, 4.69) is 91.5 Å². The molecule has 8 atom stereocenters. The van der Waals surface area contributed by atoms with Crippen LogP contribution in [-0.2, 0) is 137 Å². The minimum absolute atomic E-state index is 0.00793. The molecule has 0 radical (unpaired) electrons. The minimum Gasteiger partial charge on any atom is -0.480 e. The van der Waals surface area contributed by atoms with Crippen LogP contribution in [-0.4, -0.2) is 321 Å². The Morgan fingerprint density at radius 3 is 1.82 bits per heavy atom. The number of amides is 10. The number of hydrogen-bond donors (Lipinski definition) is 16. The van der Waals surface area contributed by atoms with E-state index in [1.165, 1.54) is 31.1 Å². The van der Waals surface area contributed by atoms with Crippen molar-refractivity contribution >= 4 is 136 Å². The fourth-order valence-electron chi connectivity index (χ4n) is 16.0. The molecule has 0 saturated carbocycles. The molecule has 3 aromatic heterocycles. The number of para-hydroxylation sites is 1. The van der Waals surface area contributed by atoms with Crippen LogP contribution in [0.25, 0.3) is 10.9 Å². The molecule has 43 nitrogen and oxygen atoms in total. The molecule has 0 aliphatic carbocycles. The lowest BCUT2D eigenvalue weighted by atomic mass is 9.90. The molecular formula is C97H144N23O20PS. The van der Waals surface area contributed by atoms with Gasteiger partial charge in [-0.3, -0.25) is 101 Å². The number of fused-ring (bicyclic) bond motifs is 3. The van der Waals surface area contributed by atoms with Crippen molar-refractivity contribution in [2.45, 2.75) is 218 Å². The number of H-pyrrole nitrogens is 2. The summed E-state index contributed by atoms with van der Waals surface area (Å²) in [4.78, 5) is 234. The summed E-state index contributed by atoms with van der Waals surface area (Å²) in [7, 11) is 1.00. The van der Waals surface area contributed by atoms with Gasteiger partial charge in [-0.25, -0.2) is 4.98 Å². The average molecular weight is 2020 g/mol. The number of nitrogens with one attached hydrogen (secondary N) is 10. The van der Waals surface area contributed by atoms with Crippen LogP contribution in [0.4, 0.5) is 5.69 Å². The van der Waals surface area contributed by atoms with Crippen molar-refractivity contribution in [3.05, 3.63) is 132 Å². The Labute approximate surface area is 834 Å². The number of aliphatic imine (C=N–C) groups is 1. The summed E-state index contributed by atoms with van der Waals surface area (Å²) in [6.45, 7) is 13.6. The molecule has 8 unspecified atom stereocenters. The van der Waals surface area contributed by atoms with E-state index >= 15 is 14.4 Å². The normalized spacial score (nSPS) is 18.2. The molecule has 8 rings (SSSR count). The number of aryl methyl sites for hydroxylation is 1. The van der Waals surface area contributed by atoms with Gasteiger partial charge < -0.3 is 99.9 Å². The second kappa shape index (κ2) is 66.2. The van der Waals surface area contributed by atoms with E-state index in [-0.39, 0.29) is 172 Å². The number of carboxylic acid groups (broad SMARTS) is 2. The molecule has 1 saturated heterocycles. The van der Waals surface area contributed by atoms with Crippen molar-refractivity contribution in [1.82, 2.24) is 86.8 Å². The van der Waals surface area contributed by atoms with Gasteiger partial charge in [0.25, 0.3) is 0 Å². The van der Waals surface area contributed by atoms with Crippen LogP contribution in [0, 0.1) is 11.8 Å². The van der Waals surface area contributed by atoms with Gasteiger partial charge >= 0.3 is 11.9 Å². The third-order valence-electron chi connectivity index (χ3n) is 23.6. The molecule has 142 heavy (non-hydrogen) atoms. The molecule has 1 fully saturated rings. The number of aromatic nitrogens is 6. The van der Waals surface area contributed by atoms with Crippen molar-refractivity contribution in [3.63, 3.8) is 0 Å². The van der Waals surface area contributed by atoms with E-state index in [1.54, 1.807) is 81.7 Å². The molecule has 0 spiro atoms. The number of ketones is 4. The zero-order chi connectivity index (χ0) is 104. The van der Waals surface area contributed by atoms with Crippen LogP contribution < -0.4 is 65.5 Å². The number of anilines is 1. The summed E-state index contributed by atoms with van der Waals surface area (Å²) in [6, 6.07) is 15.6. The Morgan fingerprint density at radius 2 is 1.20 bits per heavy atom. The lowest BCUT2D eigenvalue weighted by molar-refractivity contribution is -0.139. The molecule has 6 aromatic rings. The molecule has 45 heteroatoms. The summed E-state index contributed by atoms with van der Waals surface area (Å²) in [5.74, 6) is -11.6. The predicted molar refractivity (Wildman–Crippen MR) is 536 cm³/mol. The number of aromatic amines is 2. The van der Waals surface area contributed by atoms with E-state index in [9.17, 15) is 72.5 Å². The molecule has 778 valence electrons. The van der Waals surface area contributed by atoms with Gasteiger partial charge in [0.2, 0.25) is 59.1 Å². The van der Waals surface area contributed by atoms with Crippen LogP contribution in [0.5, 0.6) is 0 Å². The largest absolute Gasteiger partial charge is 0.480 e. The number of imidazole rings is 1. The van der Waals surface area contributed by atoms with Gasteiger partial charge in [0.15, 0.2) is 23.3 Å². The summed E-state index contributed by atoms with van der Waals surface area (Å²) >= 11 is 4.37. The predicted octanol–water partition coefficient (Wildman–Crippen LogP) is 2.26. The van der Waals surface area contributed by atoms with Gasteiger partial charge in [-0.2, -0.15) is 0 Å². The number of nitrogens with two attached hydrogens (primary N) is 4. The van der Waals surface area contributed by atoms with Crippen LogP contribution in [0.3, 0.4) is 0 Å². The fraction of sp³-hybridized carbons (Fsp3) is 0.567. The molecule has 10 amide bonds. The number of ether oxygens (including phenoxy) is 2. The number of carbonyl (C=O) groups is 16. The number of benzene rings is 3. The second-order valence-corrected chi connectivity index (χ2v) is 36.8. The van der Waals surface area contributed by atoms with E-state index < -0.39 is 125 Å². The van der Waals surface area contributed by atoms with Crippen molar-refractivity contribution < 1.29 is 96.4 Å². The molecular weight excluding hydrogens is 1870 g/mol. The Bertz CT molecular complexity index is 5010. The topological polar surface area (TPSA) is 633 Å². The van der Waals surface area contributed by atoms with Gasteiger partial charge in [0.05, 0.1) is 76.0 Å². The van der Waals surface area contributed by atoms with Crippen molar-refractivity contribution in [2.75, 3.05) is 130 Å². The smallest absolute Gasteiger partial charge is 0.317 e. The van der Waals surface area contributed by atoms with Crippen molar-refractivity contribution in [3.8, 4) is 0 Å². The molecule has 2 bridgehead atoms. The van der Waals surface area contributed by atoms with E-state index in [0.717, 1.165) is 43.1 Å². The second-order valence-electron chi connectivity index (χ2n) is 35.4. The van der Waals surface area contributed by atoms with Crippen LogP contribution in [0.15, 0.2) is 109 Å². The van der Waals surface area contributed by atoms with Gasteiger partial charge in [0.1, 0.15) is 30.0 Å². The quantitative estimate of drug-likeness (QED) is 0.0113. The van der Waals surface area contributed by atoms with Crippen LogP contribution in [0.2, 0.25) is 0 Å². The number of rotatable bonds is 48. The summed E-state index contributed by atoms with van der Waals surface area (Å²) < 4.78 is 12.5. The highest BCUT2D eigenvalue weighted by Gasteiger charge is 2.37. The van der Waals surface area contributed by atoms with E-state index in [1.807, 2.05) is 42.8 Å². The number of guanidine groups is 1. The number of carboxylic acids is 2. The van der Waals surface area contributed by atoms with Gasteiger partial charge in [-0.1, -0.05) is 111 Å². The zero-order valence-electron chi connectivity index (χ0n) is 82.1. The number of hydrogen-bond acceptors (Lipinski definition) is 27. The van der Waals surface area contributed by atoms with Crippen LogP contribution >= 0.6 is 7.36 Å². The highest BCUT2D eigenvalue weighted by molar-refractivity contribution is 7.96. The molecule has 5 heterocycles. The molecule has 2 aliphatic heterocycles. The molecule has 20 N–H and O–H groups in total. The SMILES string of the molecule is CC(=O)CCC(=O)Nc1ccc(CC(=O)CN2CCN(CC(=O)O)CCN(CC(N)=O)CCN(CC(=O)O)CC2)cc1.CCCCOCCOCCC(=O)NCCCCC(NC(=O)C1CCCCn2cc(nn2)CC(CC(=O)C(CCCC)NC(C)=O)C(=O)NC(Cc2cnc[nH]2)C(=O)NC(Cc2ccccc2)C(=O)CC(CCCN=C(N)N)C(=O)NC(Cc2c[nH]c3ccccc23)C(=O)N1)C(N)=O.CP=S. The van der Waals surface area contributed by atoms with E-state index in [0.29, 0.717) is 132 Å². The van der Waals surface area contributed by atoms with Crippen LogP contribution in [0.1, 0.15) is 171 Å². The first-order valence-electron chi connectivity index (χ1n) is 48.4. The van der Waals surface area contributed by atoms with Gasteiger partial charge in [-0.05, 0) is 126 Å². The lowest BCUT2D eigenvalue weighted by Gasteiger charge is -2.33. The Balaban J connectivity index is 0.000000569. The maximum atomic E-state index is 15.2. The maximum Gasteiger partial charge on any atom is 0.317 e. The number of carbonyl (C=O) groups excluding carboxylic acids is 14. The summed E-state index contributed by atoms with van der Waals surface area (Å²) in [6.07, 6.45) is 10.9. The number of aliphatic carboxylic acids is 2. The minimum atomic E-state index is -1.38. The fourth-order valence-corrected chi connectivity index (χ4v) is 16.0. The van der Waals surface area contributed by atoms with E-state index in [4.69, 9.17) is 32.4 Å². The number of primary amides is 2. The lowest BCUT2D eigenvalue weighted by Crippen LogP contribution is -2.57. The van der Waals surface area contributed by atoms with Crippen molar-refractivity contribution in [1.29, 1.82) is 0 Å². The Kier molecular flexibility index (Phi) is 55.1. The Hall–Kier alpha value is -12.6. The standard InChI is InChI=1S/C68H99N17O12.C28H42N6O8.CH3PS/c1-4-6-22-53(77-44(3)86)59(87)38-47-35-50-42-85(84-83-50)29-16-14-25-55(65(93)78-54(62(69)90)24-13-15-27-73-61(89)26-31-97-33-32-96-30-7-5-2)79-66(94)57(36-48-40-75-52-23-12-11-21-51(48)52)81-63(91)46(20-17-28-74-68(70)71)37-60(88)56(34-45-18-9-8-10-19-45)80-67(95)58(82-64(47)92)39-49-41-72-43-76-49;1-21(35)2-7-26(38)30-23-5-3-22(4-6-23)16-24(36)17-31-8-12-33(19-27(39)40)14-10-32(18-25(29)37)11-15-34(13-9-31)20-28(41)42;1-2-3/h8-12,18-19,21,23,40-43,46-47,53-58,75H,4-7,13-17,20,22,24-39H2,1-3H3,(H2,69,90)(H,72,76)(H,73,89)(H,77,86)(H,78,93)(H,79,94)(H,80,95)(H,81,91)(H,82,92)(H4,70,71,74);3-6H,2,7-20H2,1H3,(H2,29,37)(H,30,38)(H,39,40)(H,41,42);1H3. The first-order chi connectivity index (χ1) is 68.1. The third-order valence-corrected chi connectivity index (χ3v) is 23.6. The number of Topliss-reactive ketones (excluding diaryl/α,β-unsaturated/α-hetero) is 4. The Morgan fingerprint density at radius 1 is 0.599 bits per heavy atom. The van der Waals surface area contributed by atoms with Gasteiger partial charge in [0, 0.05) is 190 Å². The maximum absolute atomic E-state index is 15.2. The summed E-state index contributed by atoms with van der Waals surface area (Å²) in [5, 5.41) is 50.9. The van der Waals surface area contributed by atoms with Crippen molar-refractivity contribution in [2.24, 2.45) is 39.8 Å². The highest BCUT2D eigenvalue weighted by atomic mass is 32.4. The molecule has 3 aromatic carbocycles. The highest BCUT2D eigenvalue weighted by Crippen LogP contribution is 2.24.